The number of rotatable bonds is 5. The summed E-state index contributed by atoms with van der Waals surface area (Å²) in [6.45, 7) is 3.46. The number of hydrogen-bond acceptors (Lipinski definition) is 5. The van der Waals surface area contributed by atoms with Crippen LogP contribution in [0.3, 0.4) is 0 Å². The van der Waals surface area contributed by atoms with Gasteiger partial charge in [0.1, 0.15) is 0 Å². The zero-order chi connectivity index (χ0) is 23.4. The average molecular weight is 453 g/mol. The molecule has 2 rings (SSSR count). The number of alkyl halides is 6. The number of nitrogens with one attached hydrogen (secondary N) is 3. The van der Waals surface area contributed by atoms with E-state index in [-0.39, 0.29) is 6.07 Å². The Labute approximate surface area is 171 Å². The number of urea groups is 1. The molecule has 0 fully saturated rings. The summed E-state index contributed by atoms with van der Waals surface area (Å²) in [5, 5.41) is 13.1. The lowest BCUT2D eigenvalue weighted by atomic mass is 10.0. The third kappa shape index (κ3) is 6.29. The van der Waals surface area contributed by atoms with E-state index in [2.05, 4.69) is 31.6 Å². The number of halogens is 6. The molecule has 1 atom stereocenters. The Balaban J connectivity index is 2.23. The zero-order valence-corrected chi connectivity index (χ0v) is 16.1. The summed E-state index contributed by atoms with van der Waals surface area (Å²) in [5.41, 5.74) is 0.470. The van der Waals surface area contributed by atoms with Crippen molar-refractivity contribution in [2.24, 2.45) is 0 Å². The standard InChI is InChI=1S/C16H17F6N7O2/c1-3-4-23-14(31)26-25-13(30)8(2)29-27-12(24-28-29)9-5-10(15(17,18)19)7-11(6-9)16(20,21)22/h5-8H,3-4H2,1-2H3,(H,25,30)(H2,23,26,31). The van der Waals surface area contributed by atoms with Crippen molar-refractivity contribution in [1.29, 1.82) is 0 Å². The van der Waals surface area contributed by atoms with E-state index in [0.717, 1.165) is 0 Å². The first kappa shape index (κ1) is 23.9. The van der Waals surface area contributed by atoms with Crippen molar-refractivity contribution in [2.75, 3.05) is 6.54 Å². The van der Waals surface area contributed by atoms with Crippen LogP contribution in [0.5, 0.6) is 0 Å². The lowest BCUT2D eigenvalue weighted by molar-refractivity contribution is -0.143. The predicted octanol–water partition coefficient (Wildman–Crippen LogP) is 2.68. The molecule has 1 unspecified atom stereocenters. The SMILES string of the molecule is CCCNC(=O)NNC(=O)C(C)n1nnc(-c2cc(C(F)(F)F)cc(C(F)(F)F)c2)n1. The normalized spacial score (nSPS) is 12.9. The maximum atomic E-state index is 13.0. The van der Waals surface area contributed by atoms with Gasteiger partial charge < -0.3 is 5.32 Å². The molecule has 0 bridgehead atoms. The largest absolute Gasteiger partial charge is 0.416 e. The van der Waals surface area contributed by atoms with E-state index in [0.29, 0.717) is 29.9 Å². The van der Waals surface area contributed by atoms with Gasteiger partial charge in [-0.3, -0.25) is 10.2 Å². The second-order valence-electron chi connectivity index (χ2n) is 6.27. The maximum Gasteiger partial charge on any atom is 0.416 e. The molecule has 3 N–H and O–H groups in total. The molecule has 15 heteroatoms. The molecule has 31 heavy (non-hydrogen) atoms. The quantitative estimate of drug-likeness (QED) is 0.476. The fraction of sp³-hybridized carbons (Fsp3) is 0.438. The van der Waals surface area contributed by atoms with Gasteiger partial charge >= 0.3 is 18.4 Å². The molecule has 0 spiro atoms. The van der Waals surface area contributed by atoms with Crippen molar-refractivity contribution >= 4 is 11.9 Å². The van der Waals surface area contributed by atoms with E-state index in [1.54, 1.807) is 0 Å². The minimum absolute atomic E-state index is 0.0285. The summed E-state index contributed by atoms with van der Waals surface area (Å²) < 4.78 is 78.0. The number of amides is 3. The summed E-state index contributed by atoms with van der Waals surface area (Å²) in [5.74, 6) is -1.36. The Morgan fingerprint density at radius 3 is 2.13 bits per heavy atom. The minimum Gasteiger partial charge on any atom is -0.337 e. The lowest BCUT2D eigenvalue weighted by Gasteiger charge is -2.13. The molecule has 0 saturated heterocycles. The van der Waals surface area contributed by atoms with Crippen LogP contribution in [0.1, 0.15) is 37.4 Å². The Morgan fingerprint density at radius 2 is 1.61 bits per heavy atom. The molecular weight excluding hydrogens is 436 g/mol. The number of carbonyl (C=O) groups is 2. The highest BCUT2D eigenvalue weighted by atomic mass is 19.4. The summed E-state index contributed by atoms with van der Waals surface area (Å²) >= 11 is 0. The first-order chi connectivity index (χ1) is 14.3. The zero-order valence-electron chi connectivity index (χ0n) is 16.1. The molecule has 1 aromatic carbocycles. The molecule has 0 aliphatic carbocycles. The monoisotopic (exact) mass is 453 g/mol. The van der Waals surface area contributed by atoms with Crippen LogP contribution in [0.15, 0.2) is 18.2 Å². The van der Waals surface area contributed by atoms with Crippen LogP contribution < -0.4 is 16.2 Å². The van der Waals surface area contributed by atoms with E-state index in [1.165, 1.54) is 6.92 Å². The molecule has 2 aromatic rings. The molecule has 1 aromatic heterocycles. The van der Waals surface area contributed by atoms with Gasteiger partial charge in [0.25, 0.3) is 5.91 Å². The molecule has 0 aliphatic heterocycles. The van der Waals surface area contributed by atoms with Crippen LogP contribution in [0.2, 0.25) is 0 Å². The van der Waals surface area contributed by atoms with Crippen molar-refractivity contribution in [3.05, 3.63) is 29.3 Å². The second kappa shape index (κ2) is 9.18. The Morgan fingerprint density at radius 1 is 1.03 bits per heavy atom. The van der Waals surface area contributed by atoms with Crippen LogP contribution in [-0.2, 0) is 17.1 Å². The predicted molar refractivity (Wildman–Crippen MR) is 92.9 cm³/mol. The van der Waals surface area contributed by atoms with Crippen LogP contribution in [0.25, 0.3) is 11.4 Å². The van der Waals surface area contributed by atoms with Crippen LogP contribution in [0, 0.1) is 0 Å². The summed E-state index contributed by atoms with van der Waals surface area (Å²) in [6.07, 6.45) is -9.42. The van der Waals surface area contributed by atoms with Crippen LogP contribution >= 0.6 is 0 Å². The molecule has 9 nitrogen and oxygen atoms in total. The number of carbonyl (C=O) groups excluding carboxylic acids is 2. The first-order valence-corrected chi connectivity index (χ1v) is 8.76. The van der Waals surface area contributed by atoms with Crippen molar-refractivity contribution in [3.8, 4) is 11.4 Å². The fourth-order valence-electron chi connectivity index (χ4n) is 2.20. The third-order valence-electron chi connectivity index (χ3n) is 3.83. The van der Waals surface area contributed by atoms with Gasteiger partial charge in [-0.05, 0) is 36.8 Å². The van der Waals surface area contributed by atoms with E-state index in [4.69, 9.17) is 0 Å². The molecule has 0 saturated carbocycles. The Bertz CT molecular complexity index is 909. The number of benzene rings is 1. The van der Waals surface area contributed by atoms with Crippen molar-refractivity contribution in [3.63, 3.8) is 0 Å². The Kier molecular flexibility index (Phi) is 7.07. The van der Waals surface area contributed by atoms with Gasteiger partial charge in [-0.2, -0.15) is 31.1 Å². The number of nitrogens with zero attached hydrogens (tertiary/aromatic N) is 4. The molecule has 1 heterocycles. The topological polar surface area (TPSA) is 114 Å². The molecule has 3 amide bonds. The van der Waals surface area contributed by atoms with E-state index in [1.807, 2.05) is 6.92 Å². The van der Waals surface area contributed by atoms with Gasteiger partial charge in [0, 0.05) is 12.1 Å². The highest BCUT2D eigenvalue weighted by Crippen LogP contribution is 2.37. The summed E-state index contributed by atoms with van der Waals surface area (Å²) in [7, 11) is 0. The number of aromatic nitrogens is 4. The maximum absolute atomic E-state index is 13.0. The molecular formula is C16H17F6N7O2. The highest BCUT2D eigenvalue weighted by Gasteiger charge is 2.37. The smallest absolute Gasteiger partial charge is 0.337 e. The number of tetrazole rings is 1. The van der Waals surface area contributed by atoms with Gasteiger partial charge in [-0.25, -0.2) is 10.2 Å². The average Bonchev–Trinajstić information content (AvgIpc) is 3.18. The van der Waals surface area contributed by atoms with E-state index < -0.39 is 52.8 Å². The van der Waals surface area contributed by atoms with Crippen molar-refractivity contribution in [1.82, 2.24) is 36.4 Å². The first-order valence-electron chi connectivity index (χ1n) is 8.76. The summed E-state index contributed by atoms with van der Waals surface area (Å²) in [4.78, 5) is 24.2. The van der Waals surface area contributed by atoms with Gasteiger partial charge in [0.05, 0.1) is 11.1 Å². The van der Waals surface area contributed by atoms with Gasteiger partial charge in [-0.15, -0.1) is 10.2 Å². The highest BCUT2D eigenvalue weighted by molar-refractivity contribution is 5.83. The van der Waals surface area contributed by atoms with E-state index >= 15 is 0 Å². The van der Waals surface area contributed by atoms with Crippen LogP contribution in [0.4, 0.5) is 31.1 Å². The molecule has 0 radical (unpaired) electrons. The summed E-state index contributed by atoms with van der Waals surface area (Å²) in [6, 6.07) is -1.01. The minimum atomic E-state index is -5.04. The van der Waals surface area contributed by atoms with Gasteiger partial charge in [-0.1, -0.05) is 6.92 Å². The Hall–Kier alpha value is -3.39. The third-order valence-corrected chi connectivity index (χ3v) is 3.83. The number of hydrogen-bond donors (Lipinski definition) is 3. The molecule has 0 aliphatic rings. The number of hydrazine groups is 1. The second-order valence-corrected chi connectivity index (χ2v) is 6.27. The van der Waals surface area contributed by atoms with E-state index in [9.17, 15) is 35.9 Å². The van der Waals surface area contributed by atoms with Gasteiger partial charge in [0.15, 0.2) is 6.04 Å². The van der Waals surface area contributed by atoms with Crippen LogP contribution in [-0.4, -0.2) is 38.7 Å². The molecule has 170 valence electrons. The van der Waals surface area contributed by atoms with Crippen molar-refractivity contribution in [2.45, 2.75) is 38.7 Å². The fourth-order valence-corrected chi connectivity index (χ4v) is 2.20. The van der Waals surface area contributed by atoms with Crippen molar-refractivity contribution < 1.29 is 35.9 Å². The van der Waals surface area contributed by atoms with Gasteiger partial charge in [0.2, 0.25) is 5.82 Å². The lowest BCUT2D eigenvalue weighted by Crippen LogP contribution is -2.49.